The molecule has 2 aromatic carbocycles. The van der Waals surface area contributed by atoms with E-state index in [1.165, 1.54) is 19.4 Å². The van der Waals surface area contributed by atoms with Crippen LogP contribution in [0.4, 0.5) is 15.8 Å². The number of nitrogens with zero attached hydrogens (tertiary/aromatic N) is 1. The Labute approximate surface area is 160 Å². The number of amidine groups is 1. The number of hydrogen-bond donors (Lipinski definition) is 4. The van der Waals surface area contributed by atoms with Crippen molar-refractivity contribution in [3.63, 3.8) is 0 Å². The van der Waals surface area contributed by atoms with Crippen LogP contribution in [0, 0.1) is 11.2 Å². The molecule has 0 saturated carbocycles. The van der Waals surface area contributed by atoms with E-state index >= 15 is 0 Å². The maximum absolute atomic E-state index is 13.9. The Hall–Kier alpha value is -3.26. The van der Waals surface area contributed by atoms with Crippen LogP contribution >= 0.6 is 11.9 Å². The molecular weight excluding hydrogens is 365 g/mol. The van der Waals surface area contributed by atoms with Crippen molar-refractivity contribution in [2.45, 2.75) is 4.90 Å². The highest BCUT2D eigenvalue weighted by Crippen LogP contribution is 2.29. The molecule has 0 bridgehead atoms. The number of ether oxygens (including phenoxy) is 1. The Morgan fingerprint density at radius 3 is 2.56 bits per heavy atom. The van der Waals surface area contributed by atoms with Crippen LogP contribution in [0.25, 0.3) is 11.3 Å². The Kier molecular flexibility index (Phi) is 5.46. The molecule has 0 atom stereocenters. The smallest absolute Gasteiger partial charge is 0.138 e. The van der Waals surface area contributed by atoms with Gasteiger partial charge in [-0.1, -0.05) is 12.1 Å². The van der Waals surface area contributed by atoms with E-state index < -0.39 is 0 Å². The SMILES string of the molecule is COc1ccc(F)c(SNc2ccc(-c3cc(N)c(C(=N)N)cn3)cc2)c1. The van der Waals surface area contributed by atoms with E-state index in [0.717, 1.165) is 23.2 Å². The van der Waals surface area contributed by atoms with E-state index in [1.807, 2.05) is 24.3 Å². The second-order valence-corrected chi connectivity index (χ2v) is 6.50. The monoisotopic (exact) mass is 383 g/mol. The first-order valence-electron chi connectivity index (χ1n) is 7.94. The predicted octanol–water partition coefficient (Wildman–Crippen LogP) is 3.88. The maximum atomic E-state index is 13.9. The lowest BCUT2D eigenvalue weighted by atomic mass is 10.1. The highest BCUT2D eigenvalue weighted by atomic mass is 32.2. The molecule has 27 heavy (non-hydrogen) atoms. The lowest BCUT2D eigenvalue weighted by molar-refractivity contribution is 0.411. The molecule has 0 radical (unpaired) electrons. The van der Waals surface area contributed by atoms with E-state index in [1.54, 1.807) is 18.2 Å². The second-order valence-electron chi connectivity index (χ2n) is 5.65. The third-order valence-corrected chi connectivity index (χ3v) is 4.69. The number of anilines is 2. The zero-order valence-corrected chi connectivity index (χ0v) is 15.3. The Balaban J connectivity index is 1.72. The standard InChI is InChI=1S/C19H18FN5OS/c1-26-13-6-7-15(20)18(8-13)27-25-12-4-2-11(3-5-12)17-9-16(21)14(10-24-17)19(22)23/h2-10,25H,1H3,(H2,21,24)(H3,22,23). The number of nitrogens with two attached hydrogens (primary N) is 2. The van der Waals surface area contributed by atoms with E-state index in [2.05, 4.69) is 9.71 Å². The molecule has 0 unspecified atom stereocenters. The molecule has 0 aliphatic rings. The molecular formula is C19H18FN5OS. The van der Waals surface area contributed by atoms with Gasteiger partial charge in [0.15, 0.2) is 0 Å². The maximum Gasteiger partial charge on any atom is 0.138 e. The average Bonchev–Trinajstić information content (AvgIpc) is 2.67. The summed E-state index contributed by atoms with van der Waals surface area (Å²) in [7, 11) is 1.54. The summed E-state index contributed by atoms with van der Waals surface area (Å²) < 4.78 is 22.1. The van der Waals surface area contributed by atoms with Crippen LogP contribution in [0.5, 0.6) is 5.75 Å². The highest BCUT2D eigenvalue weighted by Gasteiger charge is 2.08. The number of halogens is 1. The normalized spacial score (nSPS) is 10.4. The molecule has 6 N–H and O–H groups in total. The van der Waals surface area contributed by atoms with Crippen molar-refractivity contribution in [1.82, 2.24) is 4.98 Å². The van der Waals surface area contributed by atoms with Crippen LogP contribution < -0.4 is 20.9 Å². The van der Waals surface area contributed by atoms with Gasteiger partial charge in [0.25, 0.3) is 0 Å². The van der Waals surface area contributed by atoms with Crippen molar-refractivity contribution in [3.05, 3.63) is 66.1 Å². The van der Waals surface area contributed by atoms with Gasteiger partial charge >= 0.3 is 0 Å². The number of benzene rings is 2. The van der Waals surface area contributed by atoms with Gasteiger partial charge in [-0.3, -0.25) is 10.4 Å². The number of pyridine rings is 1. The summed E-state index contributed by atoms with van der Waals surface area (Å²) >= 11 is 1.16. The molecule has 138 valence electrons. The molecule has 1 heterocycles. The molecule has 6 nitrogen and oxygen atoms in total. The fraction of sp³-hybridized carbons (Fsp3) is 0.0526. The van der Waals surface area contributed by atoms with Crippen molar-refractivity contribution < 1.29 is 9.13 Å². The van der Waals surface area contributed by atoms with Gasteiger partial charge in [0.2, 0.25) is 0 Å². The summed E-state index contributed by atoms with van der Waals surface area (Å²) in [6, 6.07) is 13.7. The van der Waals surface area contributed by atoms with Crippen molar-refractivity contribution in [1.29, 1.82) is 5.41 Å². The number of nitrogens with one attached hydrogen (secondary N) is 2. The summed E-state index contributed by atoms with van der Waals surface area (Å²) in [5.41, 5.74) is 14.5. The third kappa shape index (κ3) is 4.29. The lowest BCUT2D eigenvalue weighted by Gasteiger charge is -2.09. The van der Waals surface area contributed by atoms with Gasteiger partial charge in [-0.05, 0) is 48.3 Å². The van der Waals surface area contributed by atoms with Crippen molar-refractivity contribution in [2.75, 3.05) is 17.6 Å². The summed E-state index contributed by atoms with van der Waals surface area (Å²) in [6.45, 7) is 0. The summed E-state index contributed by atoms with van der Waals surface area (Å²) in [6.07, 6.45) is 1.49. The van der Waals surface area contributed by atoms with Gasteiger partial charge < -0.3 is 20.9 Å². The van der Waals surface area contributed by atoms with Crippen molar-refractivity contribution in [2.24, 2.45) is 5.73 Å². The summed E-state index contributed by atoms with van der Waals surface area (Å²) in [5, 5.41) is 7.45. The lowest BCUT2D eigenvalue weighted by Crippen LogP contribution is -2.14. The van der Waals surface area contributed by atoms with Crippen LogP contribution in [0.1, 0.15) is 5.56 Å². The van der Waals surface area contributed by atoms with Gasteiger partial charge in [0.05, 0.1) is 23.3 Å². The first kappa shape index (κ1) is 18.5. The second kappa shape index (κ2) is 7.96. The average molecular weight is 383 g/mol. The Morgan fingerprint density at radius 1 is 1.19 bits per heavy atom. The van der Waals surface area contributed by atoms with Gasteiger partial charge in [-0.25, -0.2) is 4.39 Å². The summed E-state index contributed by atoms with van der Waals surface area (Å²) in [5.74, 6) is 0.150. The van der Waals surface area contributed by atoms with Crippen molar-refractivity contribution in [3.8, 4) is 17.0 Å². The zero-order chi connectivity index (χ0) is 19.4. The molecule has 0 fully saturated rings. The van der Waals surface area contributed by atoms with Crippen LogP contribution in [0.2, 0.25) is 0 Å². The number of rotatable bonds is 6. The molecule has 0 amide bonds. The zero-order valence-electron chi connectivity index (χ0n) is 14.5. The minimum absolute atomic E-state index is 0.118. The fourth-order valence-electron chi connectivity index (χ4n) is 2.37. The van der Waals surface area contributed by atoms with Gasteiger partial charge in [-0.15, -0.1) is 0 Å². The Morgan fingerprint density at radius 2 is 1.93 bits per heavy atom. The van der Waals surface area contributed by atoms with Gasteiger partial charge in [0.1, 0.15) is 17.4 Å². The number of hydrogen-bond acceptors (Lipinski definition) is 6. The molecule has 1 aromatic heterocycles. The minimum atomic E-state index is -0.324. The minimum Gasteiger partial charge on any atom is -0.497 e. The van der Waals surface area contributed by atoms with Gasteiger partial charge in [0, 0.05) is 23.1 Å². The quantitative estimate of drug-likeness (QED) is 0.292. The van der Waals surface area contributed by atoms with Crippen LogP contribution in [0.15, 0.2) is 59.6 Å². The fourth-order valence-corrected chi connectivity index (χ4v) is 3.07. The molecule has 0 spiro atoms. The first-order chi connectivity index (χ1) is 13.0. The third-order valence-electron chi connectivity index (χ3n) is 3.82. The molecule has 0 saturated heterocycles. The van der Waals surface area contributed by atoms with E-state index in [0.29, 0.717) is 27.6 Å². The summed E-state index contributed by atoms with van der Waals surface area (Å²) in [4.78, 5) is 4.73. The van der Waals surface area contributed by atoms with E-state index in [9.17, 15) is 4.39 Å². The molecule has 0 aliphatic carbocycles. The van der Waals surface area contributed by atoms with E-state index in [4.69, 9.17) is 21.6 Å². The number of methoxy groups -OCH3 is 1. The van der Waals surface area contributed by atoms with Crippen LogP contribution in [-0.2, 0) is 0 Å². The molecule has 3 rings (SSSR count). The van der Waals surface area contributed by atoms with Crippen LogP contribution in [0.3, 0.4) is 0 Å². The van der Waals surface area contributed by atoms with Crippen LogP contribution in [-0.4, -0.2) is 17.9 Å². The van der Waals surface area contributed by atoms with Gasteiger partial charge in [-0.2, -0.15) is 0 Å². The first-order valence-corrected chi connectivity index (χ1v) is 8.76. The highest BCUT2D eigenvalue weighted by molar-refractivity contribution is 8.00. The topological polar surface area (TPSA) is 110 Å². The van der Waals surface area contributed by atoms with E-state index in [-0.39, 0.29) is 11.7 Å². The number of nitrogen functional groups attached to an aromatic ring is 2. The van der Waals surface area contributed by atoms with Crippen molar-refractivity contribution >= 4 is 29.2 Å². The predicted molar refractivity (Wildman–Crippen MR) is 108 cm³/mol. The molecule has 8 heteroatoms. The Bertz CT molecular complexity index is 978. The molecule has 3 aromatic rings. The molecule has 0 aliphatic heterocycles. The number of aromatic nitrogens is 1. The largest absolute Gasteiger partial charge is 0.497 e.